The molecule has 1 unspecified atom stereocenters. The van der Waals surface area contributed by atoms with Crippen molar-refractivity contribution < 1.29 is 14.7 Å². The van der Waals surface area contributed by atoms with E-state index in [4.69, 9.17) is 5.11 Å². The third-order valence-corrected chi connectivity index (χ3v) is 2.47. The summed E-state index contributed by atoms with van der Waals surface area (Å²) in [5.41, 5.74) is 0.554. The Bertz CT molecular complexity index is 392. The van der Waals surface area contributed by atoms with E-state index in [0.29, 0.717) is 12.1 Å². The van der Waals surface area contributed by atoms with Crippen LogP contribution in [0, 0.1) is 0 Å². The van der Waals surface area contributed by atoms with Crippen molar-refractivity contribution in [2.75, 3.05) is 13.6 Å². The number of rotatable bonds is 4. The smallest absolute Gasteiger partial charge is 0.330 e. The summed E-state index contributed by atoms with van der Waals surface area (Å²) in [6, 6.07) is 7.20. The fourth-order valence-electron chi connectivity index (χ4n) is 1.31. The SMILES string of the molecule is CCN(C)C(=O)NC(C(=O)O)c1ccccc1. The molecule has 92 valence electrons. The van der Waals surface area contributed by atoms with Crippen LogP contribution in [0.5, 0.6) is 0 Å². The van der Waals surface area contributed by atoms with Crippen LogP contribution in [0.1, 0.15) is 18.5 Å². The number of hydrogen-bond donors (Lipinski definition) is 2. The molecule has 1 aromatic carbocycles. The number of nitrogens with zero attached hydrogens (tertiary/aromatic N) is 1. The zero-order valence-corrected chi connectivity index (χ0v) is 9.88. The van der Waals surface area contributed by atoms with Gasteiger partial charge in [-0.05, 0) is 12.5 Å². The molecule has 0 saturated carbocycles. The highest BCUT2D eigenvalue weighted by atomic mass is 16.4. The fourth-order valence-corrected chi connectivity index (χ4v) is 1.31. The van der Waals surface area contributed by atoms with Gasteiger partial charge in [0.05, 0.1) is 0 Å². The Morgan fingerprint density at radius 3 is 2.41 bits per heavy atom. The predicted octanol–water partition coefficient (Wildman–Crippen LogP) is 1.47. The van der Waals surface area contributed by atoms with Gasteiger partial charge in [-0.1, -0.05) is 30.3 Å². The Morgan fingerprint density at radius 1 is 1.35 bits per heavy atom. The molecule has 0 radical (unpaired) electrons. The molecule has 0 aliphatic carbocycles. The maximum absolute atomic E-state index is 11.6. The highest BCUT2D eigenvalue weighted by molar-refractivity contribution is 5.83. The lowest BCUT2D eigenvalue weighted by Crippen LogP contribution is -2.41. The number of urea groups is 1. The molecule has 5 heteroatoms. The quantitative estimate of drug-likeness (QED) is 0.831. The van der Waals surface area contributed by atoms with E-state index in [1.807, 2.05) is 6.92 Å². The van der Waals surface area contributed by atoms with Crippen LogP contribution >= 0.6 is 0 Å². The normalized spacial score (nSPS) is 11.6. The number of nitrogens with one attached hydrogen (secondary N) is 1. The summed E-state index contributed by atoms with van der Waals surface area (Å²) in [4.78, 5) is 24.1. The third-order valence-electron chi connectivity index (χ3n) is 2.47. The first-order chi connectivity index (χ1) is 8.06. The zero-order valence-electron chi connectivity index (χ0n) is 9.88. The Hall–Kier alpha value is -2.04. The van der Waals surface area contributed by atoms with E-state index < -0.39 is 18.0 Å². The van der Waals surface area contributed by atoms with Crippen LogP contribution in [-0.2, 0) is 4.79 Å². The topological polar surface area (TPSA) is 69.6 Å². The Labute approximate surface area is 100 Å². The largest absolute Gasteiger partial charge is 0.479 e. The van der Waals surface area contributed by atoms with Gasteiger partial charge in [0.25, 0.3) is 0 Å². The number of aliphatic carboxylic acids is 1. The maximum Gasteiger partial charge on any atom is 0.330 e. The Balaban J connectivity index is 2.82. The van der Waals surface area contributed by atoms with Crippen LogP contribution in [0.2, 0.25) is 0 Å². The van der Waals surface area contributed by atoms with E-state index in [0.717, 1.165) is 0 Å². The molecule has 0 aliphatic heterocycles. The molecule has 1 aromatic rings. The molecular weight excluding hydrogens is 220 g/mol. The number of carboxylic acids is 1. The zero-order chi connectivity index (χ0) is 12.8. The number of carboxylic acid groups (broad SMARTS) is 1. The Kier molecular flexibility index (Phi) is 4.51. The summed E-state index contributed by atoms with van der Waals surface area (Å²) in [7, 11) is 1.61. The van der Waals surface area contributed by atoms with E-state index in [-0.39, 0.29) is 0 Å². The maximum atomic E-state index is 11.6. The van der Waals surface area contributed by atoms with E-state index in [1.165, 1.54) is 4.90 Å². The molecule has 0 saturated heterocycles. The standard InChI is InChI=1S/C12H16N2O3/c1-3-14(2)12(17)13-10(11(15)16)9-7-5-4-6-8-9/h4-8,10H,3H2,1-2H3,(H,13,17)(H,15,16). The minimum absolute atomic E-state index is 0.399. The van der Waals surface area contributed by atoms with Crippen molar-refractivity contribution in [2.24, 2.45) is 0 Å². The minimum Gasteiger partial charge on any atom is -0.479 e. The number of amides is 2. The van der Waals surface area contributed by atoms with Crippen LogP contribution in [0.4, 0.5) is 4.79 Å². The van der Waals surface area contributed by atoms with Crippen LogP contribution < -0.4 is 5.32 Å². The highest BCUT2D eigenvalue weighted by Gasteiger charge is 2.22. The van der Waals surface area contributed by atoms with E-state index in [9.17, 15) is 9.59 Å². The summed E-state index contributed by atoms with van der Waals surface area (Å²) >= 11 is 0. The van der Waals surface area contributed by atoms with Crippen LogP contribution in [0.15, 0.2) is 30.3 Å². The molecule has 1 rings (SSSR count). The average Bonchev–Trinajstić information content (AvgIpc) is 2.35. The van der Waals surface area contributed by atoms with Gasteiger partial charge in [-0.25, -0.2) is 9.59 Å². The second kappa shape index (κ2) is 5.89. The van der Waals surface area contributed by atoms with Gasteiger partial charge in [0.2, 0.25) is 0 Å². The number of hydrogen-bond acceptors (Lipinski definition) is 2. The molecule has 0 aliphatic rings. The van der Waals surface area contributed by atoms with Gasteiger partial charge in [0, 0.05) is 13.6 Å². The lowest BCUT2D eigenvalue weighted by Gasteiger charge is -2.20. The highest BCUT2D eigenvalue weighted by Crippen LogP contribution is 2.12. The van der Waals surface area contributed by atoms with Crippen LogP contribution in [-0.4, -0.2) is 35.6 Å². The summed E-state index contributed by atoms with van der Waals surface area (Å²) in [5, 5.41) is 11.6. The molecule has 5 nitrogen and oxygen atoms in total. The van der Waals surface area contributed by atoms with Crippen molar-refractivity contribution in [3.63, 3.8) is 0 Å². The van der Waals surface area contributed by atoms with Gasteiger partial charge in [-0.3, -0.25) is 0 Å². The molecule has 17 heavy (non-hydrogen) atoms. The molecule has 0 spiro atoms. The van der Waals surface area contributed by atoms with Crippen molar-refractivity contribution in [3.8, 4) is 0 Å². The second-order valence-electron chi connectivity index (χ2n) is 3.65. The van der Waals surface area contributed by atoms with Crippen molar-refractivity contribution >= 4 is 12.0 Å². The van der Waals surface area contributed by atoms with Crippen molar-refractivity contribution in [1.82, 2.24) is 10.2 Å². The van der Waals surface area contributed by atoms with Gasteiger partial charge in [0.15, 0.2) is 6.04 Å². The van der Waals surface area contributed by atoms with Gasteiger partial charge >= 0.3 is 12.0 Å². The first-order valence-electron chi connectivity index (χ1n) is 5.35. The molecule has 2 amide bonds. The summed E-state index contributed by atoms with van der Waals surface area (Å²) in [6.07, 6.45) is 0. The second-order valence-corrected chi connectivity index (χ2v) is 3.65. The lowest BCUT2D eigenvalue weighted by molar-refractivity contribution is -0.139. The van der Waals surface area contributed by atoms with Crippen LogP contribution in [0.3, 0.4) is 0 Å². The molecule has 0 heterocycles. The van der Waals surface area contributed by atoms with E-state index >= 15 is 0 Å². The molecule has 0 fully saturated rings. The van der Waals surface area contributed by atoms with Gasteiger partial charge in [0.1, 0.15) is 0 Å². The van der Waals surface area contributed by atoms with Crippen molar-refractivity contribution in [3.05, 3.63) is 35.9 Å². The summed E-state index contributed by atoms with van der Waals surface area (Å²) < 4.78 is 0. The van der Waals surface area contributed by atoms with Crippen LogP contribution in [0.25, 0.3) is 0 Å². The monoisotopic (exact) mass is 236 g/mol. The number of carbonyl (C=O) groups is 2. The first-order valence-corrected chi connectivity index (χ1v) is 5.35. The molecule has 0 bridgehead atoms. The summed E-state index contributed by atoms with van der Waals surface area (Å²) in [6.45, 7) is 2.34. The third kappa shape index (κ3) is 3.48. The van der Waals surface area contributed by atoms with E-state index in [1.54, 1.807) is 37.4 Å². The minimum atomic E-state index is -1.07. The summed E-state index contributed by atoms with van der Waals surface area (Å²) in [5.74, 6) is -1.07. The average molecular weight is 236 g/mol. The first kappa shape index (κ1) is 13.0. The van der Waals surface area contributed by atoms with E-state index in [2.05, 4.69) is 5.32 Å². The molecule has 0 aromatic heterocycles. The molecular formula is C12H16N2O3. The molecule has 2 N–H and O–H groups in total. The van der Waals surface area contributed by atoms with Crippen molar-refractivity contribution in [2.45, 2.75) is 13.0 Å². The fraction of sp³-hybridized carbons (Fsp3) is 0.333. The Morgan fingerprint density at radius 2 is 1.94 bits per heavy atom. The lowest BCUT2D eigenvalue weighted by atomic mass is 10.1. The number of carbonyl (C=O) groups excluding carboxylic acids is 1. The van der Waals surface area contributed by atoms with Crippen molar-refractivity contribution in [1.29, 1.82) is 0 Å². The van der Waals surface area contributed by atoms with Gasteiger partial charge in [-0.15, -0.1) is 0 Å². The molecule has 1 atom stereocenters. The van der Waals surface area contributed by atoms with Gasteiger partial charge in [-0.2, -0.15) is 0 Å². The number of benzene rings is 1. The predicted molar refractivity (Wildman–Crippen MR) is 63.7 cm³/mol. The van der Waals surface area contributed by atoms with Gasteiger partial charge < -0.3 is 15.3 Å².